The topological polar surface area (TPSA) is 96.9 Å². The maximum atomic E-state index is 11.0. The van der Waals surface area contributed by atoms with Gasteiger partial charge in [0.1, 0.15) is 16.7 Å². The van der Waals surface area contributed by atoms with E-state index in [1.807, 2.05) is 6.07 Å². The number of sulfone groups is 1. The smallest absolute Gasteiger partial charge is 0.269 e. The van der Waals surface area contributed by atoms with Gasteiger partial charge in [0.25, 0.3) is 5.89 Å². The molecule has 0 aliphatic carbocycles. The van der Waals surface area contributed by atoms with E-state index in [-0.39, 0.29) is 17.5 Å². The molecule has 17 heavy (non-hydrogen) atoms. The minimum absolute atomic E-state index is 0.0970. The molecule has 6 nitrogen and oxygen atoms in total. The van der Waals surface area contributed by atoms with Gasteiger partial charge in [-0.15, -0.1) is 11.3 Å². The average Bonchev–Trinajstić information content (AvgIpc) is 2.81. The third kappa shape index (κ3) is 2.69. The first-order chi connectivity index (χ1) is 7.99. The Hall–Kier alpha value is -1.72. The minimum atomic E-state index is -3.19. The summed E-state index contributed by atoms with van der Waals surface area (Å²) in [6.45, 7) is 0. The van der Waals surface area contributed by atoms with Gasteiger partial charge in [-0.05, 0) is 11.4 Å². The fourth-order valence-corrected chi connectivity index (χ4v) is 2.55. The summed E-state index contributed by atoms with van der Waals surface area (Å²) in [5, 5.41) is 14.1. The lowest BCUT2D eigenvalue weighted by Crippen LogP contribution is -2.02. The highest BCUT2D eigenvalue weighted by atomic mass is 32.2. The van der Waals surface area contributed by atoms with Crippen molar-refractivity contribution in [1.29, 1.82) is 5.26 Å². The SMILES string of the molecule is CS(=O)(=O)Cc1noc(-c2sccc2C#N)n1. The summed E-state index contributed by atoms with van der Waals surface area (Å²) in [4.78, 5) is 4.50. The third-order valence-corrected chi connectivity index (χ3v) is 3.52. The van der Waals surface area contributed by atoms with Gasteiger partial charge in [-0.25, -0.2) is 8.42 Å². The van der Waals surface area contributed by atoms with Crippen LogP contribution in [0.1, 0.15) is 11.4 Å². The summed E-state index contributed by atoms with van der Waals surface area (Å²) in [6, 6.07) is 3.64. The monoisotopic (exact) mass is 269 g/mol. The van der Waals surface area contributed by atoms with Crippen LogP contribution in [0.5, 0.6) is 0 Å². The standard InChI is InChI=1S/C9H7N3O3S2/c1-17(13,14)5-7-11-9(15-12-7)8-6(4-10)2-3-16-8/h2-3H,5H2,1H3. The van der Waals surface area contributed by atoms with E-state index in [9.17, 15) is 8.42 Å². The molecular weight excluding hydrogens is 262 g/mol. The van der Waals surface area contributed by atoms with Gasteiger partial charge in [-0.2, -0.15) is 10.2 Å². The van der Waals surface area contributed by atoms with Crippen LogP contribution in [0.15, 0.2) is 16.0 Å². The van der Waals surface area contributed by atoms with Crippen molar-refractivity contribution in [1.82, 2.24) is 10.1 Å². The summed E-state index contributed by atoms with van der Waals surface area (Å²) in [6.07, 6.45) is 1.09. The molecule has 2 aromatic heterocycles. The Balaban J connectivity index is 2.34. The van der Waals surface area contributed by atoms with Gasteiger partial charge < -0.3 is 4.52 Å². The minimum Gasteiger partial charge on any atom is -0.333 e. The Morgan fingerprint density at radius 3 is 3.00 bits per heavy atom. The van der Waals surface area contributed by atoms with E-state index in [2.05, 4.69) is 10.1 Å². The second kappa shape index (κ2) is 4.27. The first-order valence-corrected chi connectivity index (χ1v) is 7.42. The fraction of sp³-hybridized carbons (Fsp3) is 0.222. The molecule has 0 spiro atoms. The van der Waals surface area contributed by atoms with Crippen molar-refractivity contribution in [3.8, 4) is 16.8 Å². The van der Waals surface area contributed by atoms with E-state index in [1.165, 1.54) is 11.3 Å². The molecule has 0 bridgehead atoms. The van der Waals surface area contributed by atoms with Crippen LogP contribution in [0.25, 0.3) is 10.8 Å². The lowest BCUT2D eigenvalue weighted by atomic mass is 10.3. The molecule has 2 aromatic rings. The fourth-order valence-electron chi connectivity index (χ4n) is 1.20. The average molecular weight is 269 g/mol. The van der Waals surface area contributed by atoms with Crippen molar-refractivity contribution in [2.45, 2.75) is 5.75 Å². The summed E-state index contributed by atoms with van der Waals surface area (Å²) in [7, 11) is -3.19. The summed E-state index contributed by atoms with van der Waals surface area (Å²) in [5.41, 5.74) is 0.435. The lowest BCUT2D eigenvalue weighted by Gasteiger charge is -1.89. The second-order valence-electron chi connectivity index (χ2n) is 3.36. The van der Waals surface area contributed by atoms with Crippen molar-refractivity contribution in [3.05, 3.63) is 22.8 Å². The van der Waals surface area contributed by atoms with Gasteiger partial charge in [-0.1, -0.05) is 5.16 Å². The zero-order valence-corrected chi connectivity index (χ0v) is 10.4. The molecule has 0 radical (unpaired) electrons. The molecule has 0 amide bonds. The molecule has 0 unspecified atom stereocenters. The number of thiophene rings is 1. The van der Waals surface area contributed by atoms with E-state index < -0.39 is 9.84 Å². The summed E-state index contributed by atoms with van der Waals surface area (Å²) >= 11 is 1.29. The van der Waals surface area contributed by atoms with Crippen LogP contribution < -0.4 is 0 Å². The number of hydrogen-bond donors (Lipinski definition) is 0. The van der Waals surface area contributed by atoms with Crippen molar-refractivity contribution >= 4 is 21.2 Å². The molecule has 0 atom stereocenters. The van der Waals surface area contributed by atoms with Crippen LogP contribution in [0.4, 0.5) is 0 Å². The van der Waals surface area contributed by atoms with Gasteiger partial charge in [-0.3, -0.25) is 0 Å². The van der Waals surface area contributed by atoms with Gasteiger partial charge in [0.2, 0.25) is 0 Å². The Morgan fingerprint density at radius 1 is 1.59 bits per heavy atom. The molecule has 0 aromatic carbocycles. The van der Waals surface area contributed by atoms with Crippen LogP contribution in [-0.2, 0) is 15.6 Å². The number of hydrogen-bond acceptors (Lipinski definition) is 7. The van der Waals surface area contributed by atoms with E-state index in [1.54, 1.807) is 11.4 Å². The highest BCUT2D eigenvalue weighted by Gasteiger charge is 2.16. The maximum Gasteiger partial charge on any atom is 0.269 e. The zero-order valence-electron chi connectivity index (χ0n) is 8.74. The van der Waals surface area contributed by atoms with Crippen LogP contribution in [0.2, 0.25) is 0 Å². The number of aromatic nitrogens is 2. The predicted octanol–water partition coefficient (Wildman–Crippen LogP) is 1.21. The normalized spacial score (nSPS) is 11.3. The van der Waals surface area contributed by atoms with Crippen LogP contribution in [0, 0.1) is 11.3 Å². The van der Waals surface area contributed by atoms with Crippen molar-refractivity contribution in [3.63, 3.8) is 0 Å². The first kappa shape index (κ1) is 11.8. The number of nitrogens with zero attached hydrogens (tertiary/aromatic N) is 3. The molecule has 88 valence electrons. The molecule has 0 saturated carbocycles. The largest absolute Gasteiger partial charge is 0.333 e. The number of nitriles is 1. The van der Waals surface area contributed by atoms with Gasteiger partial charge in [0, 0.05) is 6.26 Å². The second-order valence-corrected chi connectivity index (χ2v) is 6.42. The van der Waals surface area contributed by atoms with Crippen LogP contribution in [-0.4, -0.2) is 24.8 Å². The van der Waals surface area contributed by atoms with Gasteiger partial charge >= 0.3 is 0 Å². The highest BCUT2D eigenvalue weighted by molar-refractivity contribution is 7.89. The Labute approximate surface area is 101 Å². The zero-order chi connectivity index (χ0) is 12.5. The van der Waals surface area contributed by atoms with Gasteiger partial charge in [0.05, 0.1) is 5.56 Å². The van der Waals surface area contributed by atoms with Crippen molar-refractivity contribution < 1.29 is 12.9 Å². The quantitative estimate of drug-likeness (QED) is 0.830. The van der Waals surface area contributed by atoms with Crippen LogP contribution >= 0.6 is 11.3 Å². The molecule has 8 heteroatoms. The maximum absolute atomic E-state index is 11.0. The van der Waals surface area contributed by atoms with E-state index >= 15 is 0 Å². The molecule has 0 N–H and O–H groups in total. The summed E-state index contributed by atoms with van der Waals surface area (Å²) < 4.78 is 27.0. The predicted molar refractivity (Wildman–Crippen MR) is 60.9 cm³/mol. The third-order valence-electron chi connectivity index (χ3n) is 1.84. The van der Waals surface area contributed by atoms with Crippen molar-refractivity contribution in [2.75, 3.05) is 6.26 Å². The Bertz CT molecular complexity index is 678. The molecule has 2 rings (SSSR count). The summed E-state index contributed by atoms with van der Waals surface area (Å²) in [5.74, 6) is -0.000907. The molecule has 0 fully saturated rings. The van der Waals surface area contributed by atoms with E-state index in [0.29, 0.717) is 10.4 Å². The van der Waals surface area contributed by atoms with E-state index in [0.717, 1.165) is 6.26 Å². The molecule has 0 saturated heterocycles. The first-order valence-electron chi connectivity index (χ1n) is 4.48. The molecule has 2 heterocycles. The van der Waals surface area contributed by atoms with Crippen molar-refractivity contribution in [2.24, 2.45) is 0 Å². The van der Waals surface area contributed by atoms with Gasteiger partial charge in [0.15, 0.2) is 15.7 Å². The molecule has 0 aliphatic rings. The molecule has 0 aliphatic heterocycles. The Morgan fingerprint density at radius 2 is 2.35 bits per heavy atom. The molecular formula is C9H7N3O3S2. The number of rotatable bonds is 3. The Kier molecular flexibility index (Phi) is 2.95. The highest BCUT2D eigenvalue weighted by Crippen LogP contribution is 2.27. The lowest BCUT2D eigenvalue weighted by molar-refractivity contribution is 0.425. The van der Waals surface area contributed by atoms with Crippen LogP contribution in [0.3, 0.4) is 0 Å². The van der Waals surface area contributed by atoms with E-state index in [4.69, 9.17) is 9.78 Å².